The van der Waals surface area contributed by atoms with Crippen molar-refractivity contribution in [2.45, 2.75) is 11.7 Å². The van der Waals surface area contributed by atoms with Crippen molar-refractivity contribution < 1.29 is 9.18 Å². The van der Waals surface area contributed by atoms with E-state index in [4.69, 9.17) is 0 Å². The molecule has 0 atom stereocenters. The second kappa shape index (κ2) is 8.08. The molecule has 2 heterocycles. The Hall–Kier alpha value is -2.77. The van der Waals surface area contributed by atoms with Gasteiger partial charge in [0, 0.05) is 5.56 Å². The zero-order valence-electron chi connectivity index (χ0n) is 14.7. The molecular weight excluding hydrogens is 395 g/mol. The monoisotopic (exact) mass is 410 g/mol. The van der Waals surface area contributed by atoms with Gasteiger partial charge in [-0.1, -0.05) is 42.1 Å². The number of aromatic nitrogens is 2. The summed E-state index contributed by atoms with van der Waals surface area (Å²) in [5, 5.41) is 2.33. The molecule has 0 aliphatic heterocycles. The van der Waals surface area contributed by atoms with Gasteiger partial charge in [-0.2, -0.15) is 0 Å². The number of hydrogen-bond acceptors (Lipinski definition) is 5. The summed E-state index contributed by atoms with van der Waals surface area (Å²) in [5.41, 5.74) is 1.94. The zero-order chi connectivity index (χ0) is 19.5. The van der Waals surface area contributed by atoms with Gasteiger partial charge in [-0.05, 0) is 41.3 Å². The van der Waals surface area contributed by atoms with Gasteiger partial charge in [-0.15, -0.1) is 11.3 Å². The van der Waals surface area contributed by atoms with E-state index in [2.05, 4.69) is 4.98 Å². The third-order valence-corrected chi connectivity index (χ3v) is 6.08. The van der Waals surface area contributed by atoms with Gasteiger partial charge in [-0.25, -0.2) is 9.37 Å². The highest BCUT2D eigenvalue weighted by molar-refractivity contribution is 7.99. The normalized spacial score (nSPS) is 11.0. The standard InChI is InChI=1S/C21H15FN2O2S2/c22-16-8-6-15(7-9-16)18(25)13-28-21-23-17-10-11-27-19(17)20(26)24(21)12-14-4-2-1-3-5-14/h1-11H,12-13H2. The van der Waals surface area contributed by atoms with Crippen molar-refractivity contribution in [1.82, 2.24) is 9.55 Å². The lowest BCUT2D eigenvalue weighted by molar-refractivity contribution is 0.102. The number of fused-ring (bicyclic) bond motifs is 1. The molecule has 4 nitrogen and oxygen atoms in total. The second-order valence-electron chi connectivity index (χ2n) is 6.12. The Balaban J connectivity index is 1.65. The van der Waals surface area contributed by atoms with E-state index in [1.807, 2.05) is 35.7 Å². The highest BCUT2D eigenvalue weighted by Crippen LogP contribution is 2.22. The summed E-state index contributed by atoms with van der Waals surface area (Å²) in [7, 11) is 0. The van der Waals surface area contributed by atoms with Gasteiger partial charge in [0.25, 0.3) is 5.56 Å². The van der Waals surface area contributed by atoms with Crippen molar-refractivity contribution in [1.29, 1.82) is 0 Å². The van der Waals surface area contributed by atoms with E-state index in [0.29, 0.717) is 27.5 Å². The minimum atomic E-state index is -0.384. The van der Waals surface area contributed by atoms with Gasteiger partial charge in [0.1, 0.15) is 10.5 Å². The number of carbonyl (C=O) groups excluding carboxylic acids is 1. The third-order valence-electron chi connectivity index (χ3n) is 4.21. The average molecular weight is 410 g/mol. The molecule has 0 unspecified atom stereocenters. The summed E-state index contributed by atoms with van der Waals surface area (Å²) in [5.74, 6) is -0.413. The molecule has 0 aliphatic carbocycles. The van der Waals surface area contributed by atoms with E-state index in [0.717, 1.165) is 5.56 Å². The first-order valence-electron chi connectivity index (χ1n) is 8.55. The molecule has 4 aromatic rings. The van der Waals surface area contributed by atoms with Gasteiger partial charge in [0.05, 0.1) is 17.8 Å². The lowest BCUT2D eigenvalue weighted by Gasteiger charge is -2.12. The summed E-state index contributed by atoms with van der Waals surface area (Å²) < 4.78 is 15.3. The van der Waals surface area contributed by atoms with Crippen LogP contribution in [0.4, 0.5) is 4.39 Å². The van der Waals surface area contributed by atoms with Gasteiger partial charge < -0.3 is 0 Å². The molecule has 0 amide bonds. The Kier molecular flexibility index (Phi) is 5.36. The molecule has 0 saturated carbocycles. The van der Waals surface area contributed by atoms with E-state index >= 15 is 0 Å². The maximum atomic E-state index is 13.1. The molecule has 0 fully saturated rings. The van der Waals surface area contributed by atoms with E-state index in [1.165, 1.54) is 47.4 Å². The Bertz CT molecular complexity index is 1180. The topological polar surface area (TPSA) is 52.0 Å². The van der Waals surface area contributed by atoms with Crippen LogP contribution in [-0.2, 0) is 6.54 Å². The number of Topliss-reactive ketones (excluding diaryl/α,β-unsaturated/α-hetero) is 1. The zero-order valence-corrected chi connectivity index (χ0v) is 16.3. The summed E-state index contributed by atoms with van der Waals surface area (Å²) in [6, 6.07) is 16.9. The van der Waals surface area contributed by atoms with Crippen LogP contribution in [0, 0.1) is 5.82 Å². The summed E-state index contributed by atoms with van der Waals surface area (Å²) in [6.45, 7) is 0.383. The fraction of sp³-hybridized carbons (Fsp3) is 0.0952. The lowest BCUT2D eigenvalue weighted by atomic mass is 10.1. The number of hydrogen-bond donors (Lipinski definition) is 0. The largest absolute Gasteiger partial charge is 0.293 e. The molecule has 0 N–H and O–H groups in total. The first-order chi connectivity index (χ1) is 13.6. The molecule has 0 spiro atoms. The van der Waals surface area contributed by atoms with Gasteiger partial charge in [0.2, 0.25) is 0 Å². The molecule has 4 rings (SSSR count). The average Bonchev–Trinajstić information content (AvgIpc) is 3.19. The molecule has 0 radical (unpaired) electrons. The molecule has 7 heteroatoms. The summed E-state index contributed by atoms with van der Waals surface area (Å²) in [4.78, 5) is 30.0. The van der Waals surface area contributed by atoms with Gasteiger partial charge >= 0.3 is 0 Å². The van der Waals surface area contributed by atoms with E-state index < -0.39 is 0 Å². The predicted molar refractivity (Wildman–Crippen MR) is 111 cm³/mol. The minimum absolute atomic E-state index is 0.111. The number of benzene rings is 2. The predicted octanol–water partition coefficient (Wildman–Crippen LogP) is 4.62. The first kappa shape index (κ1) is 18.6. The Morgan fingerprint density at radius 2 is 1.82 bits per heavy atom. The number of carbonyl (C=O) groups is 1. The van der Waals surface area contributed by atoms with Crippen molar-refractivity contribution in [3.8, 4) is 0 Å². The smallest absolute Gasteiger partial charge is 0.272 e. The van der Waals surface area contributed by atoms with Crippen LogP contribution >= 0.6 is 23.1 Å². The maximum Gasteiger partial charge on any atom is 0.272 e. The number of rotatable bonds is 6. The first-order valence-corrected chi connectivity index (χ1v) is 10.4. The Morgan fingerprint density at radius 3 is 2.57 bits per heavy atom. The van der Waals surface area contributed by atoms with Crippen LogP contribution in [-0.4, -0.2) is 21.1 Å². The Morgan fingerprint density at radius 1 is 1.07 bits per heavy atom. The molecule has 2 aromatic carbocycles. The van der Waals surface area contributed by atoms with Crippen molar-refractivity contribution in [2.24, 2.45) is 0 Å². The van der Waals surface area contributed by atoms with Crippen LogP contribution in [0.2, 0.25) is 0 Å². The number of thioether (sulfide) groups is 1. The SMILES string of the molecule is O=C(CSc1nc2ccsc2c(=O)n1Cc1ccccc1)c1ccc(F)cc1. The number of halogens is 1. The maximum absolute atomic E-state index is 13.1. The molecular formula is C21H15FN2O2S2. The molecule has 0 saturated heterocycles. The van der Waals surface area contributed by atoms with Crippen LogP contribution in [0.1, 0.15) is 15.9 Å². The number of ketones is 1. The van der Waals surface area contributed by atoms with Crippen LogP contribution in [0.25, 0.3) is 10.2 Å². The fourth-order valence-electron chi connectivity index (χ4n) is 2.79. The van der Waals surface area contributed by atoms with Crippen molar-refractivity contribution in [3.05, 3.63) is 93.3 Å². The summed E-state index contributed by atoms with van der Waals surface area (Å²) >= 11 is 2.58. The lowest BCUT2D eigenvalue weighted by Crippen LogP contribution is -2.23. The van der Waals surface area contributed by atoms with E-state index in [9.17, 15) is 14.0 Å². The molecule has 0 aliphatic rings. The van der Waals surface area contributed by atoms with Crippen LogP contribution < -0.4 is 5.56 Å². The number of thiophene rings is 1. The molecule has 140 valence electrons. The second-order valence-corrected chi connectivity index (χ2v) is 7.98. The van der Waals surface area contributed by atoms with Crippen molar-refractivity contribution in [3.63, 3.8) is 0 Å². The minimum Gasteiger partial charge on any atom is -0.293 e. The highest BCUT2D eigenvalue weighted by atomic mass is 32.2. The van der Waals surface area contributed by atoms with E-state index in [1.54, 1.807) is 10.6 Å². The van der Waals surface area contributed by atoms with Crippen molar-refractivity contribution in [2.75, 3.05) is 5.75 Å². The van der Waals surface area contributed by atoms with Crippen molar-refractivity contribution >= 4 is 39.1 Å². The van der Waals surface area contributed by atoms with Gasteiger partial charge in [0.15, 0.2) is 10.9 Å². The summed E-state index contributed by atoms with van der Waals surface area (Å²) in [6.07, 6.45) is 0. The number of nitrogens with zero attached hydrogens (tertiary/aromatic N) is 2. The van der Waals surface area contributed by atoms with Crippen LogP contribution in [0.15, 0.2) is 76.0 Å². The molecule has 2 aromatic heterocycles. The molecule has 28 heavy (non-hydrogen) atoms. The fourth-order valence-corrected chi connectivity index (χ4v) is 4.46. The quantitative estimate of drug-likeness (QED) is 0.264. The van der Waals surface area contributed by atoms with Crippen LogP contribution in [0.3, 0.4) is 0 Å². The van der Waals surface area contributed by atoms with Gasteiger partial charge in [-0.3, -0.25) is 14.2 Å². The van der Waals surface area contributed by atoms with Crippen LogP contribution in [0.5, 0.6) is 0 Å². The highest BCUT2D eigenvalue weighted by Gasteiger charge is 2.15. The molecule has 0 bridgehead atoms. The third kappa shape index (κ3) is 3.90. The van der Waals surface area contributed by atoms with E-state index in [-0.39, 0.29) is 22.9 Å². The Labute approximate surface area is 168 Å².